The summed E-state index contributed by atoms with van der Waals surface area (Å²) in [6.07, 6.45) is 4.79. The first-order chi connectivity index (χ1) is 6.86. The second-order valence-electron chi connectivity index (χ2n) is 2.78. The lowest BCUT2D eigenvalue weighted by Gasteiger charge is -2.05. The van der Waals surface area contributed by atoms with Crippen molar-refractivity contribution < 1.29 is 9.15 Å². The summed E-state index contributed by atoms with van der Waals surface area (Å²) in [5.41, 5.74) is 6.17. The fourth-order valence-corrected chi connectivity index (χ4v) is 1.07. The quantitative estimate of drug-likeness (QED) is 0.802. The van der Waals surface area contributed by atoms with Gasteiger partial charge in [0.2, 0.25) is 0 Å². The Morgan fingerprint density at radius 2 is 2.36 bits per heavy atom. The molecule has 0 unspecified atom stereocenters. The van der Waals surface area contributed by atoms with Crippen LogP contribution >= 0.6 is 0 Å². The lowest BCUT2D eigenvalue weighted by Crippen LogP contribution is -1.97. The van der Waals surface area contributed by atoms with Gasteiger partial charge in [-0.2, -0.15) is 0 Å². The number of aromatic nitrogens is 1. The predicted molar refractivity (Wildman–Crippen MR) is 51.7 cm³/mol. The number of nitrogens with zero attached hydrogens (tertiary/aromatic N) is 1. The predicted octanol–water partition coefficient (Wildman–Crippen LogP) is 1.84. The van der Waals surface area contributed by atoms with E-state index in [1.807, 2.05) is 12.1 Å². The Morgan fingerprint density at radius 1 is 1.43 bits per heavy atom. The molecule has 0 aromatic carbocycles. The molecule has 2 heterocycles. The van der Waals surface area contributed by atoms with E-state index in [0.29, 0.717) is 18.0 Å². The standard InChI is InChI=1S/C10H10N2O2/c11-9-6-12-4-3-10(9)14-7-8-2-1-5-13-8/h1-6H,7,11H2. The van der Waals surface area contributed by atoms with Crippen molar-refractivity contribution >= 4 is 5.69 Å². The number of rotatable bonds is 3. The number of hydrogen-bond donors (Lipinski definition) is 1. The maximum absolute atomic E-state index is 5.64. The average molecular weight is 190 g/mol. The molecule has 0 saturated heterocycles. The summed E-state index contributed by atoms with van der Waals surface area (Å²) in [6, 6.07) is 5.38. The summed E-state index contributed by atoms with van der Waals surface area (Å²) in [4.78, 5) is 3.86. The highest BCUT2D eigenvalue weighted by molar-refractivity contribution is 5.49. The van der Waals surface area contributed by atoms with Crippen LogP contribution in [0.3, 0.4) is 0 Å². The number of hydrogen-bond acceptors (Lipinski definition) is 4. The molecule has 2 aromatic rings. The highest BCUT2D eigenvalue weighted by Gasteiger charge is 2.00. The topological polar surface area (TPSA) is 61.3 Å². The van der Waals surface area contributed by atoms with Gasteiger partial charge < -0.3 is 14.9 Å². The van der Waals surface area contributed by atoms with Crippen LogP contribution in [0.15, 0.2) is 41.3 Å². The molecule has 2 aromatic heterocycles. The van der Waals surface area contributed by atoms with Crippen LogP contribution in [0.2, 0.25) is 0 Å². The van der Waals surface area contributed by atoms with Crippen LogP contribution in [0.5, 0.6) is 5.75 Å². The van der Waals surface area contributed by atoms with E-state index < -0.39 is 0 Å². The monoisotopic (exact) mass is 190 g/mol. The molecule has 2 rings (SSSR count). The van der Waals surface area contributed by atoms with Gasteiger partial charge in [0, 0.05) is 12.3 Å². The Hall–Kier alpha value is -1.97. The van der Waals surface area contributed by atoms with Gasteiger partial charge in [0.05, 0.1) is 18.1 Å². The third kappa shape index (κ3) is 1.85. The Balaban J connectivity index is 2.02. The van der Waals surface area contributed by atoms with Crippen LogP contribution in [0.4, 0.5) is 5.69 Å². The number of nitrogen functional groups attached to an aromatic ring is 1. The van der Waals surface area contributed by atoms with Gasteiger partial charge in [-0.15, -0.1) is 0 Å². The van der Waals surface area contributed by atoms with Gasteiger partial charge in [-0.1, -0.05) is 0 Å². The minimum absolute atomic E-state index is 0.376. The fourth-order valence-electron chi connectivity index (χ4n) is 1.07. The Morgan fingerprint density at radius 3 is 3.07 bits per heavy atom. The van der Waals surface area contributed by atoms with Gasteiger partial charge in [0.25, 0.3) is 0 Å². The van der Waals surface area contributed by atoms with E-state index >= 15 is 0 Å². The van der Waals surface area contributed by atoms with Gasteiger partial charge in [-0.25, -0.2) is 0 Å². The molecule has 0 aliphatic heterocycles. The SMILES string of the molecule is Nc1cnccc1OCc1ccco1. The zero-order valence-corrected chi connectivity index (χ0v) is 7.51. The van der Waals surface area contributed by atoms with Gasteiger partial charge >= 0.3 is 0 Å². The molecule has 4 nitrogen and oxygen atoms in total. The largest absolute Gasteiger partial charge is 0.483 e. The van der Waals surface area contributed by atoms with Crippen molar-refractivity contribution in [1.82, 2.24) is 4.98 Å². The molecule has 0 saturated carbocycles. The first-order valence-corrected chi connectivity index (χ1v) is 4.21. The zero-order valence-electron chi connectivity index (χ0n) is 7.51. The molecular formula is C10H10N2O2. The van der Waals surface area contributed by atoms with Gasteiger partial charge in [-0.05, 0) is 12.1 Å². The molecule has 4 heteroatoms. The normalized spacial score (nSPS) is 10.0. The van der Waals surface area contributed by atoms with Crippen molar-refractivity contribution in [3.8, 4) is 5.75 Å². The van der Waals surface area contributed by atoms with Crippen LogP contribution in [0, 0.1) is 0 Å². The average Bonchev–Trinajstić information content (AvgIpc) is 2.69. The van der Waals surface area contributed by atoms with Gasteiger partial charge in [-0.3, -0.25) is 4.98 Å². The first kappa shape index (κ1) is 8.62. The molecule has 14 heavy (non-hydrogen) atoms. The molecular weight excluding hydrogens is 180 g/mol. The van der Waals surface area contributed by atoms with E-state index in [-0.39, 0.29) is 0 Å². The van der Waals surface area contributed by atoms with E-state index in [2.05, 4.69) is 4.98 Å². The van der Waals surface area contributed by atoms with Crippen LogP contribution in [0.1, 0.15) is 5.76 Å². The Kier molecular flexibility index (Phi) is 2.36. The summed E-state index contributed by atoms with van der Waals surface area (Å²) in [6.45, 7) is 0.376. The molecule has 0 atom stereocenters. The van der Waals surface area contributed by atoms with Crippen molar-refractivity contribution in [3.05, 3.63) is 42.6 Å². The minimum Gasteiger partial charge on any atom is -0.483 e. The summed E-state index contributed by atoms with van der Waals surface area (Å²) in [5, 5.41) is 0. The Labute approximate surface area is 81.3 Å². The van der Waals surface area contributed by atoms with Gasteiger partial charge in [0.1, 0.15) is 18.1 Å². The maximum atomic E-state index is 5.64. The molecule has 0 spiro atoms. The highest BCUT2D eigenvalue weighted by Crippen LogP contribution is 2.19. The van der Waals surface area contributed by atoms with Crippen LogP contribution in [-0.4, -0.2) is 4.98 Å². The van der Waals surface area contributed by atoms with E-state index in [9.17, 15) is 0 Å². The summed E-state index contributed by atoms with van der Waals surface area (Å²) in [5.74, 6) is 1.39. The number of pyridine rings is 1. The molecule has 72 valence electrons. The molecule has 2 N–H and O–H groups in total. The van der Waals surface area contributed by atoms with E-state index in [0.717, 1.165) is 5.76 Å². The summed E-state index contributed by atoms with van der Waals surface area (Å²) >= 11 is 0. The second kappa shape index (κ2) is 3.83. The Bertz CT molecular complexity index is 398. The van der Waals surface area contributed by atoms with E-state index in [4.69, 9.17) is 14.9 Å². The smallest absolute Gasteiger partial charge is 0.146 e. The van der Waals surface area contributed by atoms with Crippen LogP contribution < -0.4 is 10.5 Å². The third-order valence-electron chi connectivity index (χ3n) is 1.76. The minimum atomic E-state index is 0.376. The lowest BCUT2D eigenvalue weighted by molar-refractivity contribution is 0.271. The van der Waals surface area contributed by atoms with E-state index in [1.54, 1.807) is 24.7 Å². The highest BCUT2D eigenvalue weighted by atomic mass is 16.5. The van der Waals surface area contributed by atoms with Crippen molar-refractivity contribution in [2.24, 2.45) is 0 Å². The molecule has 0 fully saturated rings. The maximum Gasteiger partial charge on any atom is 0.146 e. The van der Waals surface area contributed by atoms with Crippen LogP contribution in [-0.2, 0) is 6.61 Å². The number of furan rings is 1. The number of ether oxygens (including phenoxy) is 1. The molecule has 0 aliphatic rings. The number of nitrogens with two attached hydrogens (primary N) is 1. The summed E-state index contributed by atoms with van der Waals surface area (Å²) < 4.78 is 10.5. The van der Waals surface area contributed by atoms with Crippen molar-refractivity contribution in [3.63, 3.8) is 0 Å². The number of anilines is 1. The molecule has 0 aliphatic carbocycles. The first-order valence-electron chi connectivity index (χ1n) is 4.21. The van der Waals surface area contributed by atoms with E-state index in [1.165, 1.54) is 0 Å². The molecule has 0 amide bonds. The van der Waals surface area contributed by atoms with Crippen LogP contribution in [0.25, 0.3) is 0 Å². The van der Waals surface area contributed by atoms with Gasteiger partial charge in [0.15, 0.2) is 0 Å². The molecule has 0 bridgehead atoms. The van der Waals surface area contributed by atoms with Crippen molar-refractivity contribution in [2.75, 3.05) is 5.73 Å². The van der Waals surface area contributed by atoms with Crippen molar-refractivity contribution in [1.29, 1.82) is 0 Å². The lowest BCUT2D eigenvalue weighted by atomic mass is 10.4. The molecule has 0 radical (unpaired) electrons. The van der Waals surface area contributed by atoms with Crippen molar-refractivity contribution in [2.45, 2.75) is 6.61 Å². The zero-order chi connectivity index (χ0) is 9.80. The second-order valence-corrected chi connectivity index (χ2v) is 2.78. The third-order valence-corrected chi connectivity index (χ3v) is 1.76. The fraction of sp³-hybridized carbons (Fsp3) is 0.100. The summed E-state index contributed by atoms with van der Waals surface area (Å²) in [7, 11) is 0.